The predicted octanol–water partition coefficient (Wildman–Crippen LogP) is 2.57. The van der Waals surface area contributed by atoms with Crippen molar-refractivity contribution in [3.8, 4) is 5.75 Å². The van der Waals surface area contributed by atoms with Crippen molar-refractivity contribution < 1.29 is 4.74 Å². The van der Waals surface area contributed by atoms with E-state index in [1.807, 2.05) is 12.3 Å². The molecule has 18 heavy (non-hydrogen) atoms. The molecule has 4 heteroatoms. The second-order valence-electron chi connectivity index (χ2n) is 5.18. The molecular formula is C14H23N3O. The molecule has 0 amide bonds. The van der Waals surface area contributed by atoms with Crippen molar-refractivity contribution >= 4 is 0 Å². The van der Waals surface area contributed by atoms with Crippen LogP contribution in [0.3, 0.4) is 0 Å². The first-order valence-corrected chi connectivity index (χ1v) is 6.71. The van der Waals surface area contributed by atoms with E-state index in [2.05, 4.69) is 17.3 Å². The quantitative estimate of drug-likeness (QED) is 0.622. The molecule has 1 heterocycles. The monoisotopic (exact) mass is 249 g/mol. The van der Waals surface area contributed by atoms with Crippen LogP contribution in [0, 0.1) is 5.41 Å². The summed E-state index contributed by atoms with van der Waals surface area (Å²) in [5.74, 6) is 6.61. The van der Waals surface area contributed by atoms with Gasteiger partial charge in [0.25, 0.3) is 0 Å². The highest BCUT2D eigenvalue weighted by Gasteiger charge is 2.40. The maximum Gasteiger partial charge on any atom is 0.137 e. The Labute approximate surface area is 109 Å². The minimum Gasteiger partial charge on any atom is -0.495 e. The minimum absolute atomic E-state index is 0.160. The van der Waals surface area contributed by atoms with Gasteiger partial charge in [0.1, 0.15) is 5.75 Å². The van der Waals surface area contributed by atoms with E-state index in [4.69, 9.17) is 10.6 Å². The van der Waals surface area contributed by atoms with E-state index in [1.54, 1.807) is 13.3 Å². The first-order valence-electron chi connectivity index (χ1n) is 6.71. The van der Waals surface area contributed by atoms with Crippen molar-refractivity contribution in [1.82, 2.24) is 10.4 Å². The molecule has 1 aliphatic rings. The molecule has 2 rings (SSSR count). The summed E-state index contributed by atoms with van der Waals surface area (Å²) in [4.78, 5) is 4.24. The Morgan fingerprint density at radius 1 is 1.44 bits per heavy atom. The number of nitrogens with one attached hydrogen (secondary N) is 1. The molecule has 0 spiro atoms. The number of pyridine rings is 1. The SMILES string of the molecule is CCC1(C(NN)c2cncc(OC)c2)CCCC1. The van der Waals surface area contributed by atoms with E-state index in [-0.39, 0.29) is 11.5 Å². The fourth-order valence-electron chi connectivity index (χ4n) is 3.26. The highest BCUT2D eigenvalue weighted by atomic mass is 16.5. The first kappa shape index (κ1) is 13.3. The van der Waals surface area contributed by atoms with Crippen LogP contribution in [0.2, 0.25) is 0 Å². The van der Waals surface area contributed by atoms with Gasteiger partial charge in [0.05, 0.1) is 19.3 Å². The Morgan fingerprint density at radius 3 is 2.72 bits per heavy atom. The number of rotatable bonds is 5. The van der Waals surface area contributed by atoms with Crippen LogP contribution in [-0.4, -0.2) is 12.1 Å². The van der Waals surface area contributed by atoms with Crippen LogP contribution in [0.15, 0.2) is 18.5 Å². The number of nitrogens with two attached hydrogens (primary N) is 1. The average Bonchev–Trinajstić information content (AvgIpc) is 2.90. The van der Waals surface area contributed by atoms with Gasteiger partial charge in [0.15, 0.2) is 0 Å². The molecule has 1 saturated carbocycles. The van der Waals surface area contributed by atoms with Crippen molar-refractivity contribution in [2.75, 3.05) is 7.11 Å². The number of methoxy groups -OCH3 is 1. The summed E-state index contributed by atoms with van der Waals surface area (Å²) in [6.07, 6.45) is 9.81. The molecule has 0 bridgehead atoms. The third kappa shape index (κ3) is 2.35. The smallest absolute Gasteiger partial charge is 0.137 e. The van der Waals surface area contributed by atoms with Gasteiger partial charge in [0.2, 0.25) is 0 Å². The highest BCUT2D eigenvalue weighted by Crippen LogP contribution is 2.49. The van der Waals surface area contributed by atoms with Crippen LogP contribution in [0.4, 0.5) is 0 Å². The van der Waals surface area contributed by atoms with Crippen LogP contribution in [-0.2, 0) is 0 Å². The summed E-state index contributed by atoms with van der Waals surface area (Å²) in [5.41, 5.74) is 4.40. The van der Waals surface area contributed by atoms with E-state index in [9.17, 15) is 0 Å². The van der Waals surface area contributed by atoms with Gasteiger partial charge >= 0.3 is 0 Å². The van der Waals surface area contributed by atoms with Crippen molar-refractivity contribution in [2.24, 2.45) is 11.3 Å². The first-order chi connectivity index (χ1) is 8.75. The van der Waals surface area contributed by atoms with Gasteiger partial charge < -0.3 is 4.74 Å². The molecule has 0 aliphatic heterocycles. The lowest BCUT2D eigenvalue weighted by molar-refractivity contribution is 0.187. The second kappa shape index (κ2) is 5.67. The zero-order valence-corrected chi connectivity index (χ0v) is 11.3. The summed E-state index contributed by atoms with van der Waals surface area (Å²) in [6, 6.07) is 2.19. The van der Waals surface area contributed by atoms with Crippen LogP contribution < -0.4 is 16.0 Å². The Kier molecular flexibility index (Phi) is 4.19. The molecule has 3 N–H and O–H groups in total. The number of nitrogens with zero attached hydrogens (tertiary/aromatic N) is 1. The molecule has 1 aliphatic carbocycles. The molecule has 0 radical (unpaired) electrons. The molecule has 0 aromatic carbocycles. The van der Waals surface area contributed by atoms with Crippen LogP contribution in [0.5, 0.6) is 5.75 Å². The third-order valence-corrected chi connectivity index (χ3v) is 4.39. The van der Waals surface area contributed by atoms with Crippen LogP contribution in [0.1, 0.15) is 50.6 Å². The fourth-order valence-corrected chi connectivity index (χ4v) is 3.26. The van der Waals surface area contributed by atoms with Crippen molar-refractivity contribution in [2.45, 2.75) is 45.1 Å². The topological polar surface area (TPSA) is 60.2 Å². The molecule has 0 saturated heterocycles. The molecule has 100 valence electrons. The average molecular weight is 249 g/mol. The van der Waals surface area contributed by atoms with E-state index >= 15 is 0 Å². The largest absolute Gasteiger partial charge is 0.495 e. The Bertz CT molecular complexity index is 388. The summed E-state index contributed by atoms with van der Waals surface area (Å²) in [7, 11) is 1.66. The number of hydrogen-bond acceptors (Lipinski definition) is 4. The summed E-state index contributed by atoms with van der Waals surface area (Å²) in [5, 5.41) is 0. The van der Waals surface area contributed by atoms with Gasteiger partial charge in [0, 0.05) is 6.20 Å². The van der Waals surface area contributed by atoms with Gasteiger partial charge in [-0.1, -0.05) is 19.8 Å². The van der Waals surface area contributed by atoms with E-state index in [0.717, 1.165) is 17.7 Å². The van der Waals surface area contributed by atoms with Crippen molar-refractivity contribution in [3.63, 3.8) is 0 Å². The lowest BCUT2D eigenvalue weighted by Gasteiger charge is -2.36. The van der Waals surface area contributed by atoms with Crippen molar-refractivity contribution in [3.05, 3.63) is 24.0 Å². The zero-order chi connectivity index (χ0) is 13.0. The van der Waals surface area contributed by atoms with E-state index < -0.39 is 0 Å². The molecule has 1 atom stereocenters. The third-order valence-electron chi connectivity index (χ3n) is 4.39. The second-order valence-corrected chi connectivity index (χ2v) is 5.18. The normalized spacial score (nSPS) is 19.7. The molecule has 1 unspecified atom stereocenters. The van der Waals surface area contributed by atoms with E-state index in [0.29, 0.717) is 0 Å². The summed E-state index contributed by atoms with van der Waals surface area (Å²) >= 11 is 0. The maximum atomic E-state index is 5.82. The van der Waals surface area contributed by atoms with E-state index in [1.165, 1.54) is 25.7 Å². The molecule has 1 aromatic rings. The number of hydrazine groups is 1. The van der Waals surface area contributed by atoms with Crippen LogP contribution >= 0.6 is 0 Å². The zero-order valence-electron chi connectivity index (χ0n) is 11.3. The number of hydrogen-bond donors (Lipinski definition) is 2. The van der Waals surface area contributed by atoms with Crippen molar-refractivity contribution in [1.29, 1.82) is 0 Å². The lowest BCUT2D eigenvalue weighted by Crippen LogP contribution is -2.40. The van der Waals surface area contributed by atoms with Gasteiger partial charge in [-0.3, -0.25) is 16.3 Å². The molecule has 1 aromatic heterocycles. The number of aromatic nitrogens is 1. The molecular weight excluding hydrogens is 226 g/mol. The standard InChI is InChI=1S/C14H23N3O/c1-3-14(6-4-5-7-14)13(17-15)11-8-12(18-2)10-16-9-11/h8-10,13,17H,3-7,15H2,1-2H3. The molecule has 4 nitrogen and oxygen atoms in total. The Morgan fingerprint density at radius 2 is 2.17 bits per heavy atom. The molecule has 1 fully saturated rings. The van der Waals surface area contributed by atoms with Gasteiger partial charge in [-0.25, -0.2) is 0 Å². The maximum absolute atomic E-state index is 5.82. The van der Waals surface area contributed by atoms with Gasteiger partial charge in [-0.15, -0.1) is 0 Å². The highest BCUT2D eigenvalue weighted by molar-refractivity contribution is 5.27. The number of ether oxygens (including phenoxy) is 1. The summed E-state index contributed by atoms with van der Waals surface area (Å²) < 4.78 is 5.25. The minimum atomic E-state index is 0.160. The Balaban J connectivity index is 2.31. The Hall–Kier alpha value is -1.13. The predicted molar refractivity (Wildman–Crippen MR) is 72.0 cm³/mol. The summed E-state index contributed by atoms with van der Waals surface area (Å²) in [6.45, 7) is 2.25. The fraction of sp³-hybridized carbons (Fsp3) is 0.643. The van der Waals surface area contributed by atoms with Gasteiger partial charge in [-0.2, -0.15) is 0 Å². The van der Waals surface area contributed by atoms with Gasteiger partial charge in [-0.05, 0) is 36.3 Å². The van der Waals surface area contributed by atoms with Crippen LogP contribution in [0.25, 0.3) is 0 Å². The lowest BCUT2D eigenvalue weighted by atomic mass is 9.74.